The summed E-state index contributed by atoms with van der Waals surface area (Å²) in [4.78, 5) is 11.6. The van der Waals surface area contributed by atoms with Crippen LogP contribution in [0.1, 0.15) is 32.5 Å². The Morgan fingerprint density at radius 1 is 1.50 bits per heavy atom. The monoisotopic (exact) mass is 195 g/mol. The molecule has 0 saturated carbocycles. The number of hydrogen-bond donors (Lipinski definition) is 1. The highest BCUT2D eigenvalue weighted by Crippen LogP contribution is 2.07. The molecule has 0 radical (unpaired) electrons. The molecule has 14 heavy (non-hydrogen) atoms. The van der Waals surface area contributed by atoms with E-state index < -0.39 is 0 Å². The number of carbonyl (C=O) groups excluding carboxylic acids is 1. The van der Waals surface area contributed by atoms with E-state index in [0.29, 0.717) is 0 Å². The standard InChI is InChI=1S/C10H17N3O/c1-7(2)12-10(14)9(4)13-8(3)5-6-11-13/h5-7,9H,1-4H3,(H,12,14). The van der Waals surface area contributed by atoms with Gasteiger partial charge in [-0.1, -0.05) is 0 Å². The number of aryl methyl sites for hydroxylation is 1. The Hall–Kier alpha value is -1.32. The molecule has 0 aliphatic rings. The summed E-state index contributed by atoms with van der Waals surface area (Å²) < 4.78 is 1.72. The van der Waals surface area contributed by atoms with Crippen molar-refractivity contribution in [2.24, 2.45) is 0 Å². The number of hydrogen-bond acceptors (Lipinski definition) is 2. The van der Waals surface area contributed by atoms with Crippen LogP contribution in [0.3, 0.4) is 0 Å². The quantitative estimate of drug-likeness (QED) is 0.789. The SMILES string of the molecule is Cc1ccnn1C(C)C(=O)NC(C)C. The fourth-order valence-electron chi connectivity index (χ4n) is 1.30. The summed E-state index contributed by atoms with van der Waals surface area (Å²) in [6.07, 6.45) is 1.70. The van der Waals surface area contributed by atoms with Crippen molar-refractivity contribution in [3.63, 3.8) is 0 Å². The topological polar surface area (TPSA) is 46.9 Å². The first-order valence-electron chi connectivity index (χ1n) is 4.83. The summed E-state index contributed by atoms with van der Waals surface area (Å²) in [5, 5.41) is 6.96. The van der Waals surface area contributed by atoms with Crippen molar-refractivity contribution in [2.75, 3.05) is 0 Å². The van der Waals surface area contributed by atoms with Crippen LogP contribution in [0, 0.1) is 6.92 Å². The lowest BCUT2D eigenvalue weighted by Crippen LogP contribution is -2.36. The van der Waals surface area contributed by atoms with Gasteiger partial charge in [-0.15, -0.1) is 0 Å². The number of nitrogens with zero attached hydrogens (tertiary/aromatic N) is 2. The predicted molar refractivity (Wildman–Crippen MR) is 55.0 cm³/mol. The van der Waals surface area contributed by atoms with Gasteiger partial charge in [0.1, 0.15) is 6.04 Å². The third kappa shape index (κ3) is 2.34. The van der Waals surface area contributed by atoms with E-state index in [1.165, 1.54) is 0 Å². The zero-order valence-corrected chi connectivity index (χ0v) is 9.11. The highest BCUT2D eigenvalue weighted by Gasteiger charge is 2.16. The number of aromatic nitrogens is 2. The summed E-state index contributed by atoms with van der Waals surface area (Å²) in [5.74, 6) is 0.00630. The Bertz CT molecular complexity index is 317. The van der Waals surface area contributed by atoms with Crippen LogP contribution < -0.4 is 5.32 Å². The van der Waals surface area contributed by atoms with Gasteiger partial charge in [0.2, 0.25) is 5.91 Å². The molecule has 0 saturated heterocycles. The van der Waals surface area contributed by atoms with Gasteiger partial charge in [-0.05, 0) is 33.8 Å². The van der Waals surface area contributed by atoms with E-state index in [2.05, 4.69) is 10.4 Å². The van der Waals surface area contributed by atoms with Gasteiger partial charge in [-0.2, -0.15) is 5.10 Å². The van der Waals surface area contributed by atoms with Crippen LogP contribution in [0.15, 0.2) is 12.3 Å². The van der Waals surface area contributed by atoms with E-state index in [9.17, 15) is 4.79 Å². The van der Waals surface area contributed by atoms with E-state index in [-0.39, 0.29) is 18.0 Å². The van der Waals surface area contributed by atoms with Crippen molar-refractivity contribution in [1.29, 1.82) is 0 Å². The van der Waals surface area contributed by atoms with Crippen molar-refractivity contribution in [3.8, 4) is 0 Å². The average Bonchev–Trinajstić information content (AvgIpc) is 2.48. The molecule has 0 fully saturated rings. The molecule has 1 N–H and O–H groups in total. The Kier molecular flexibility index (Phi) is 3.28. The predicted octanol–water partition coefficient (Wildman–Crippen LogP) is 1.28. The van der Waals surface area contributed by atoms with Crippen molar-refractivity contribution in [1.82, 2.24) is 15.1 Å². The summed E-state index contributed by atoms with van der Waals surface area (Å²) in [7, 11) is 0. The Morgan fingerprint density at radius 3 is 2.57 bits per heavy atom. The lowest BCUT2D eigenvalue weighted by atomic mass is 10.3. The van der Waals surface area contributed by atoms with Crippen LogP contribution in [0.25, 0.3) is 0 Å². The van der Waals surface area contributed by atoms with Crippen LogP contribution >= 0.6 is 0 Å². The highest BCUT2D eigenvalue weighted by atomic mass is 16.2. The van der Waals surface area contributed by atoms with Crippen LogP contribution in [0.2, 0.25) is 0 Å². The van der Waals surface area contributed by atoms with Crippen molar-refractivity contribution in [2.45, 2.75) is 39.8 Å². The zero-order valence-electron chi connectivity index (χ0n) is 9.11. The largest absolute Gasteiger partial charge is 0.352 e. The molecule has 0 aromatic carbocycles. The van der Waals surface area contributed by atoms with Crippen LogP contribution in [-0.4, -0.2) is 21.7 Å². The fourth-order valence-corrected chi connectivity index (χ4v) is 1.30. The lowest BCUT2D eigenvalue weighted by molar-refractivity contribution is -0.124. The molecule has 0 bridgehead atoms. The maximum absolute atomic E-state index is 11.6. The minimum absolute atomic E-state index is 0.00630. The third-order valence-electron chi connectivity index (χ3n) is 2.05. The van der Waals surface area contributed by atoms with Gasteiger partial charge < -0.3 is 5.32 Å². The van der Waals surface area contributed by atoms with Gasteiger partial charge in [0.25, 0.3) is 0 Å². The van der Waals surface area contributed by atoms with Gasteiger partial charge >= 0.3 is 0 Å². The van der Waals surface area contributed by atoms with Crippen LogP contribution in [0.5, 0.6) is 0 Å². The van der Waals surface area contributed by atoms with Crippen molar-refractivity contribution in [3.05, 3.63) is 18.0 Å². The fraction of sp³-hybridized carbons (Fsp3) is 0.600. The van der Waals surface area contributed by atoms with Crippen molar-refractivity contribution >= 4 is 5.91 Å². The zero-order chi connectivity index (χ0) is 10.7. The second kappa shape index (κ2) is 4.26. The van der Waals surface area contributed by atoms with Crippen LogP contribution in [0.4, 0.5) is 0 Å². The molecule has 1 unspecified atom stereocenters. The first-order valence-corrected chi connectivity index (χ1v) is 4.83. The molecule has 0 spiro atoms. The second-order valence-electron chi connectivity index (χ2n) is 3.76. The van der Waals surface area contributed by atoms with E-state index in [0.717, 1.165) is 5.69 Å². The molecule has 0 aliphatic carbocycles. The Balaban J connectivity index is 2.71. The van der Waals surface area contributed by atoms with E-state index in [1.807, 2.05) is 33.8 Å². The maximum atomic E-state index is 11.6. The number of amides is 1. The van der Waals surface area contributed by atoms with Gasteiger partial charge in [-0.25, -0.2) is 0 Å². The molecule has 78 valence electrons. The molecule has 4 heteroatoms. The number of nitrogens with one attached hydrogen (secondary N) is 1. The highest BCUT2D eigenvalue weighted by molar-refractivity contribution is 5.80. The Labute approximate surface area is 84.3 Å². The maximum Gasteiger partial charge on any atom is 0.244 e. The molecular weight excluding hydrogens is 178 g/mol. The normalized spacial score (nSPS) is 12.9. The first kappa shape index (κ1) is 10.8. The summed E-state index contributed by atoms with van der Waals surface area (Å²) in [5.41, 5.74) is 0.997. The minimum Gasteiger partial charge on any atom is -0.352 e. The van der Waals surface area contributed by atoms with Crippen molar-refractivity contribution < 1.29 is 4.79 Å². The minimum atomic E-state index is -0.243. The van der Waals surface area contributed by atoms with E-state index in [4.69, 9.17) is 0 Å². The number of carbonyl (C=O) groups is 1. The van der Waals surface area contributed by atoms with E-state index >= 15 is 0 Å². The molecule has 1 aromatic rings. The van der Waals surface area contributed by atoms with Crippen LogP contribution in [-0.2, 0) is 4.79 Å². The summed E-state index contributed by atoms with van der Waals surface area (Å²) in [6, 6.07) is 1.81. The Morgan fingerprint density at radius 2 is 2.14 bits per heavy atom. The first-order chi connectivity index (χ1) is 6.52. The second-order valence-corrected chi connectivity index (χ2v) is 3.76. The molecule has 4 nitrogen and oxygen atoms in total. The summed E-state index contributed by atoms with van der Waals surface area (Å²) in [6.45, 7) is 7.67. The van der Waals surface area contributed by atoms with Gasteiger partial charge in [-0.3, -0.25) is 9.48 Å². The number of rotatable bonds is 3. The molecule has 1 rings (SSSR count). The average molecular weight is 195 g/mol. The van der Waals surface area contributed by atoms with Gasteiger partial charge in [0.05, 0.1) is 0 Å². The third-order valence-corrected chi connectivity index (χ3v) is 2.05. The molecule has 1 aromatic heterocycles. The smallest absolute Gasteiger partial charge is 0.244 e. The van der Waals surface area contributed by atoms with E-state index in [1.54, 1.807) is 10.9 Å². The summed E-state index contributed by atoms with van der Waals surface area (Å²) >= 11 is 0. The van der Waals surface area contributed by atoms with Gasteiger partial charge in [0.15, 0.2) is 0 Å². The molecule has 0 aliphatic heterocycles. The molecular formula is C10H17N3O. The molecule has 1 heterocycles. The lowest BCUT2D eigenvalue weighted by Gasteiger charge is -2.16. The molecule has 1 amide bonds. The van der Waals surface area contributed by atoms with Gasteiger partial charge in [0, 0.05) is 17.9 Å². The molecule has 1 atom stereocenters.